The van der Waals surface area contributed by atoms with Gasteiger partial charge in [-0.25, -0.2) is 9.67 Å². The van der Waals surface area contributed by atoms with Crippen LogP contribution in [0.3, 0.4) is 0 Å². The number of benzene rings is 2. The highest BCUT2D eigenvalue weighted by Crippen LogP contribution is 2.16. The molecule has 1 atom stereocenters. The van der Waals surface area contributed by atoms with Gasteiger partial charge in [0, 0.05) is 19.0 Å². The van der Waals surface area contributed by atoms with Crippen LogP contribution in [0.4, 0.5) is 0 Å². The second-order valence-corrected chi connectivity index (χ2v) is 6.40. The molecule has 2 heterocycles. The van der Waals surface area contributed by atoms with Crippen molar-refractivity contribution in [1.29, 1.82) is 0 Å². The molecule has 25 heavy (non-hydrogen) atoms. The molecule has 5 heteroatoms. The fraction of sp³-hybridized carbons (Fsp3) is 0.300. The fourth-order valence-corrected chi connectivity index (χ4v) is 3.15. The topological polar surface area (TPSA) is 52.0 Å². The molecule has 0 unspecified atom stereocenters. The lowest BCUT2D eigenvalue weighted by molar-refractivity contribution is 0.305. The van der Waals surface area contributed by atoms with Gasteiger partial charge in [0.05, 0.1) is 6.54 Å². The summed E-state index contributed by atoms with van der Waals surface area (Å²) < 4.78 is 7.91. The molecule has 3 aromatic rings. The minimum Gasteiger partial charge on any atom is -0.489 e. The standard InChI is InChI=1S/C20H22N4O/c1-2-5-16(6-3-1)14-25-19-8-4-7-17(11-19)12-21-18-9-10-20-22-15-23-24(20)13-18/h1-8,11,15,18,21H,9-10,12-14H2/t18-/m0/s1. The maximum atomic E-state index is 5.91. The molecule has 1 aliphatic heterocycles. The van der Waals surface area contributed by atoms with Gasteiger partial charge in [-0.3, -0.25) is 0 Å². The van der Waals surface area contributed by atoms with Gasteiger partial charge >= 0.3 is 0 Å². The van der Waals surface area contributed by atoms with E-state index in [1.807, 2.05) is 35.0 Å². The van der Waals surface area contributed by atoms with E-state index in [2.05, 4.69) is 39.7 Å². The predicted octanol–water partition coefficient (Wildman–Crippen LogP) is 2.96. The Morgan fingerprint density at radius 1 is 1.08 bits per heavy atom. The van der Waals surface area contributed by atoms with Gasteiger partial charge in [0.25, 0.3) is 0 Å². The SMILES string of the molecule is c1ccc(COc2cccc(CN[C@H]3CCc4ncnn4C3)c2)cc1. The third kappa shape index (κ3) is 4.06. The molecule has 0 bridgehead atoms. The number of hydrogen-bond acceptors (Lipinski definition) is 4. The van der Waals surface area contributed by atoms with Gasteiger partial charge in [-0.05, 0) is 29.7 Å². The Labute approximate surface area is 147 Å². The second-order valence-electron chi connectivity index (χ2n) is 6.40. The van der Waals surface area contributed by atoms with E-state index in [9.17, 15) is 0 Å². The van der Waals surface area contributed by atoms with Gasteiger partial charge in [-0.1, -0.05) is 42.5 Å². The lowest BCUT2D eigenvalue weighted by Gasteiger charge is -2.23. The van der Waals surface area contributed by atoms with Crippen LogP contribution < -0.4 is 10.1 Å². The quantitative estimate of drug-likeness (QED) is 0.753. The van der Waals surface area contributed by atoms with Gasteiger partial charge < -0.3 is 10.1 Å². The van der Waals surface area contributed by atoms with E-state index in [1.165, 1.54) is 11.1 Å². The molecule has 1 aromatic heterocycles. The number of rotatable bonds is 6. The van der Waals surface area contributed by atoms with Crippen molar-refractivity contribution >= 4 is 0 Å². The molecular weight excluding hydrogens is 312 g/mol. The summed E-state index contributed by atoms with van der Waals surface area (Å²) >= 11 is 0. The molecule has 0 fully saturated rings. The van der Waals surface area contributed by atoms with Crippen LogP contribution in [0, 0.1) is 0 Å². The Bertz CT molecular complexity index is 815. The van der Waals surface area contributed by atoms with Crippen LogP contribution in [0.1, 0.15) is 23.4 Å². The van der Waals surface area contributed by atoms with Gasteiger partial charge in [0.1, 0.15) is 24.5 Å². The van der Waals surface area contributed by atoms with E-state index in [0.717, 1.165) is 37.5 Å². The molecule has 4 rings (SSSR count). The molecule has 1 N–H and O–H groups in total. The van der Waals surface area contributed by atoms with Gasteiger partial charge in [0.2, 0.25) is 0 Å². The van der Waals surface area contributed by atoms with Gasteiger partial charge in [-0.15, -0.1) is 0 Å². The van der Waals surface area contributed by atoms with Gasteiger partial charge in [0.15, 0.2) is 0 Å². The maximum absolute atomic E-state index is 5.91. The summed E-state index contributed by atoms with van der Waals surface area (Å²) in [5.41, 5.74) is 2.41. The molecule has 1 aliphatic rings. The number of aromatic nitrogens is 3. The number of nitrogens with zero attached hydrogens (tertiary/aromatic N) is 3. The zero-order chi connectivity index (χ0) is 16.9. The number of fused-ring (bicyclic) bond motifs is 1. The number of ether oxygens (including phenoxy) is 1. The molecular formula is C20H22N4O. The lowest BCUT2D eigenvalue weighted by atomic mass is 10.1. The molecule has 128 valence electrons. The first kappa shape index (κ1) is 15.8. The van der Waals surface area contributed by atoms with Gasteiger partial charge in [-0.2, -0.15) is 5.10 Å². The first-order valence-corrected chi connectivity index (χ1v) is 8.72. The molecule has 0 saturated carbocycles. The fourth-order valence-electron chi connectivity index (χ4n) is 3.15. The van der Waals surface area contributed by atoms with Crippen LogP contribution in [0.25, 0.3) is 0 Å². The Balaban J connectivity index is 1.31. The van der Waals surface area contributed by atoms with Crippen molar-refractivity contribution in [3.05, 3.63) is 77.9 Å². The zero-order valence-electron chi connectivity index (χ0n) is 14.1. The van der Waals surface area contributed by atoms with Crippen LogP contribution >= 0.6 is 0 Å². The minimum atomic E-state index is 0.433. The van der Waals surface area contributed by atoms with Crippen LogP contribution in [-0.2, 0) is 26.1 Å². The first-order chi connectivity index (χ1) is 12.4. The normalized spacial score (nSPS) is 16.4. The van der Waals surface area contributed by atoms with E-state index < -0.39 is 0 Å². The predicted molar refractivity (Wildman–Crippen MR) is 96.2 cm³/mol. The highest BCUT2D eigenvalue weighted by molar-refractivity contribution is 5.29. The van der Waals surface area contributed by atoms with Crippen molar-refractivity contribution in [3.63, 3.8) is 0 Å². The van der Waals surface area contributed by atoms with E-state index in [1.54, 1.807) is 6.33 Å². The third-order valence-electron chi connectivity index (χ3n) is 4.55. The average Bonchev–Trinajstić information content (AvgIpc) is 3.14. The Hall–Kier alpha value is -2.66. The first-order valence-electron chi connectivity index (χ1n) is 8.72. The maximum Gasteiger partial charge on any atom is 0.138 e. The zero-order valence-corrected chi connectivity index (χ0v) is 14.1. The van der Waals surface area contributed by atoms with E-state index in [-0.39, 0.29) is 0 Å². The van der Waals surface area contributed by atoms with E-state index >= 15 is 0 Å². The number of nitrogens with one attached hydrogen (secondary N) is 1. The molecule has 5 nitrogen and oxygen atoms in total. The summed E-state index contributed by atoms with van der Waals surface area (Å²) in [6.07, 6.45) is 3.73. The van der Waals surface area contributed by atoms with E-state index in [0.29, 0.717) is 12.6 Å². The molecule has 0 spiro atoms. The largest absolute Gasteiger partial charge is 0.489 e. The van der Waals surface area contributed by atoms with Crippen LogP contribution in [0.5, 0.6) is 5.75 Å². The molecule has 0 aliphatic carbocycles. The van der Waals surface area contributed by atoms with E-state index in [4.69, 9.17) is 4.74 Å². The molecule has 0 amide bonds. The monoisotopic (exact) mass is 334 g/mol. The Kier molecular flexibility index (Phi) is 4.74. The highest BCUT2D eigenvalue weighted by atomic mass is 16.5. The Morgan fingerprint density at radius 3 is 2.88 bits per heavy atom. The highest BCUT2D eigenvalue weighted by Gasteiger charge is 2.19. The molecule has 0 radical (unpaired) electrons. The van der Waals surface area contributed by atoms with Crippen molar-refractivity contribution in [2.75, 3.05) is 0 Å². The summed E-state index contributed by atoms with van der Waals surface area (Å²) in [6.45, 7) is 2.31. The third-order valence-corrected chi connectivity index (χ3v) is 4.55. The molecule has 2 aromatic carbocycles. The van der Waals surface area contributed by atoms with Crippen molar-refractivity contribution < 1.29 is 4.74 Å². The summed E-state index contributed by atoms with van der Waals surface area (Å²) in [5.74, 6) is 2.00. The summed E-state index contributed by atoms with van der Waals surface area (Å²) in [7, 11) is 0. The minimum absolute atomic E-state index is 0.433. The van der Waals surface area contributed by atoms with Crippen molar-refractivity contribution in [2.24, 2.45) is 0 Å². The van der Waals surface area contributed by atoms with Crippen LogP contribution in [-0.4, -0.2) is 20.8 Å². The number of hydrogen-bond donors (Lipinski definition) is 1. The second kappa shape index (κ2) is 7.49. The number of aryl methyl sites for hydroxylation is 1. The average molecular weight is 334 g/mol. The smallest absolute Gasteiger partial charge is 0.138 e. The Morgan fingerprint density at radius 2 is 1.96 bits per heavy atom. The van der Waals surface area contributed by atoms with Crippen LogP contribution in [0.2, 0.25) is 0 Å². The lowest BCUT2D eigenvalue weighted by Crippen LogP contribution is -2.37. The van der Waals surface area contributed by atoms with Crippen molar-refractivity contribution in [1.82, 2.24) is 20.1 Å². The van der Waals surface area contributed by atoms with Crippen molar-refractivity contribution in [3.8, 4) is 5.75 Å². The van der Waals surface area contributed by atoms with Crippen LogP contribution in [0.15, 0.2) is 60.9 Å². The summed E-state index contributed by atoms with van der Waals surface area (Å²) in [6, 6.07) is 19.0. The molecule has 0 saturated heterocycles. The van der Waals surface area contributed by atoms with Crippen molar-refractivity contribution in [2.45, 2.75) is 38.6 Å². The summed E-state index contributed by atoms with van der Waals surface area (Å²) in [5, 5.41) is 7.90. The summed E-state index contributed by atoms with van der Waals surface area (Å²) in [4.78, 5) is 4.27.